The topological polar surface area (TPSA) is 20.3 Å². The molecule has 1 aliphatic rings. The molecule has 0 aliphatic heterocycles. The average Bonchev–Trinajstić information content (AvgIpc) is 2.44. The van der Waals surface area contributed by atoms with Gasteiger partial charge in [0.15, 0.2) is 0 Å². The lowest BCUT2D eigenvalue weighted by Gasteiger charge is -2.33. The molecule has 1 fully saturated rings. The molecule has 1 aliphatic carbocycles. The highest BCUT2D eigenvalue weighted by Gasteiger charge is 2.25. The summed E-state index contributed by atoms with van der Waals surface area (Å²) in [4.78, 5) is 14.4. The van der Waals surface area contributed by atoms with Crippen LogP contribution in [0.5, 0.6) is 0 Å². The average molecular weight is 310 g/mol. The summed E-state index contributed by atoms with van der Waals surface area (Å²) in [5.74, 6) is 2.50. The molecule has 1 aromatic carbocycles. The van der Waals surface area contributed by atoms with Crippen molar-refractivity contribution in [3.05, 3.63) is 33.8 Å². The van der Waals surface area contributed by atoms with Crippen LogP contribution in [0.15, 0.2) is 18.2 Å². The zero-order valence-corrected chi connectivity index (χ0v) is 12.8. The summed E-state index contributed by atoms with van der Waals surface area (Å²) in [6.07, 6.45) is 11.0. The number of hydrogen-bond donors (Lipinski definition) is 0. The Hall–Kier alpha value is -1.17. The molecule has 4 heteroatoms. The van der Waals surface area contributed by atoms with Crippen molar-refractivity contribution in [2.45, 2.75) is 38.1 Å². The maximum atomic E-state index is 12.7. The number of carbonyl (C=O) groups excluding carboxylic acids is 1. The molecule has 1 amide bonds. The second-order valence-corrected chi connectivity index (χ2v) is 5.96. The molecule has 1 aromatic rings. The summed E-state index contributed by atoms with van der Waals surface area (Å²) in [6, 6.07) is 5.13. The molecular weight excluding hydrogens is 293 g/mol. The van der Waals surface area contributed by atoms with Crippen LogP contribution in [0, 0.1) is 12.3 Å². The third-order valence-corrected chi connectivity index (χ3v) is 4.08. The van der Waals surface area contributed by atoms with Gasteiger partial charge in [0.1, 0.15) is 0 Å². The fraction of sp³-hybridized carbons (Fsp3) is 0.438. The second kappa shape index (κ2) is 7.02. The molecule has 0 bridgehead atoms. The van der Waals surface area contributed by atoms with Crippen molar-refractivity contribution in [2.75, 3.05) is 6.54 Å². The minimum atomic E-state index is -0.0840. The number of carbonyl (C=O) groups is 1. The summed E-state index contributed by atoms with van der Waals surface area (Å²) in [5.41, 5.74) is 0.503. The Bertz CT molecular complexity index is 510. The van der Waals surface area contributed by atoms with Crippen LogP contribution in [0.25, 0.3) is 0 Å². The van der Waals surface area contributed by atoms with Gasteiger partial charge in [0, 0.05) is 21.7 Å². The van der Waals surface area contributed by atoms with Crippen LogP contribution < -0.4 is 0 Å². The van der Waals surface area contributed by atoms with Crippen molar-refractivity contribution in [1.82, 2.24) is 4.90 Å². The largest absolute Gasteiger partial charge is 0.325 e. The SMILES string of the molecule is C#CCN(C(=O)c1cc(Cl)cc(Cl)c1)C1CCCCC1. The van der Waals surface area contributed by atoms with Crippen LogP contribution in [0.4, 0.5) is 0 Å². The Labute approximate surface area is 130 Å². The van der Waals surface area contributed by atoms with E-state index in [4.69, 9.17) is 29.6 Å². The number of rotatable bonds is 3. The molecule has 20 heavy (non-hydrogen) atoms. The van der Waals surface area contributed by atoms with Crippen LogP contribution >= 0.6 is 23.2 Å². The molecule has 0 aromatic heterocycles. The molecule has 0 N–H and O–H groups in total. The quantitative estimate of drug-likeness (QED) is 0.758. The van der Waals surface area contributed by atoms with Gasteiger partial charge in [-0.3, -0.25) is 4.79 Å². The number of hydrogen-bond acceptors (Lipinski definition) is 1. The lowest BCUT2D eigenvalue weighted by Crippen LogP contribution is -2.41. The molecule has 0 heterocycles. The van der Waals surface area contributed by atoms with Crippen molar-refractivity contribution in [3.8, 4) is 12.3 Å². The van der Waals surface area contributed by atoms with Gasteiger partial charge in [-0.1, -0.05) is 48.4 Å². The van der Waals surface area contributed by atoms with Gasteiger partial charge in [-0.15, -0.1) is 6.42 Å². The summed E-state index contributed by atoms with van der Waals surface area (Å²) >= 11 is 11.9. The number of benzene rings is 1. The lowest BCUT2D eigenvalue weighted by atomic mass is 9.93. The van der Waals surface area contributed by atoms with E-state index in [1.807, 2.05) is 0 Å². The van der Waals surface area contributed by atoms with Gasteiger partial charge >= 0.3 is 0 Å². The van der Waals surface area contributed by atoms with Crippen molar-refractivity contribution in [3.63, 3.8) is 0 Å². The van der Waals surface area contributed by atoms with Gasteiger partial charge in [-0.2, -0.15) is 0 Å². The monoisotopic (exact) mass is 309 g/mol. The molecule has 1 saturated carbocycles. The van der Waals surface area contributed by atoms with E-state index in [1.165, 1.54) is 6.42 Å². The van der Waals surface area contributed by atoms with Gasteiger partial charge in [0.05, 0.1) is 6.54 Å². The van der Waals surface area contributed by atoms with E-state index < -0.39 is 0 Å². The molecule has 106 valence electrons. The number of terminal acetylenes is 1. The van der Waals surface area contributed by atoms with Crippen molar-refractivity contribution in [2.24, 2.45) is 0 Å². The molecule has 0 unspecified atom stereocenters. The maximum absolute atomic E-state index is 12.7. The van der Waals surface area contributed by atoms with Crippen LogP contribution in [-0.2, 0) is 0 Å². The zero-order chi connectivity index (χ0) is 14.5. The standard InChI is InChI=1S/C16H17Cl2NO/c1-2-8-19(15-6-4-3-5-7-15)16(20)12-9-13(17)11-14(18)10-12/h1,9-11,15H,3-8H2. The van der Waals surface area contributed by atoms with E-state index >= 15 is 0 Å². The molecule has 2 rings (SSSR count). The van der Waals surface area contributed by atoms with E-state index in [0.29, 0.717) is 22.2 Å². The smallest absolute Gasteiger partial charge is 0.254 e. The molecule has 0 saturated heterocycles. The van der Waals surface area contributed by atoms with E-state index in [1.54, 1.807) is 23.1 Å². The molecule has 0 atom stereocenters. The predicted molar refractivity (Wildman–Crippen MR) is 83.2 cm³/mol. The van der Waals surface area contributed by atoms with E-state index in [9.17, 15) is 4.79 Å². The van der Waals surface area contributed by atoms with Crippen LogP contribution in [0.1, 0.15) is 42.5 Å². The molecular formula is C16H17Cl2NO. The van der Waals surface area contributed by atoms with Crippen LogP contribution in [0.2, 0.25) is 10.0 Å². The highest BCUT2D eigenvalue weighted by Crippen LogP contribution is 2.26. The zero-order valence-electron chi connectivity index (χ0n) is 11.2. The highest BCUT2D eigenvalue weighted by molar-refractivity contribution is 6.35. The fourth-order valence-electron chi connectivity index (χ4n) is 2.70. The van der Waals surface area contributed by atoms with Gasteiger partial charge in [-0.25, -0.2) is 0 Å². The number of amides is 1. The maximum Gasteiger partial charge on any atom is 0.254 e. The van der Waals surface area contributed by atoms with Crippen LogP contribution in [0.3, 0.4) is 0 Å². The van der Waals surface area contributed by atoms with Gasteiger partial charge < -0.3 is 4.90 Å². The van der Waals surface area contributed by atoms with Crippen LogP contribution in [-0.4, -0.2) is 23.4 Å². The third kappa shape index (κ3) is 3.69. The number of nitrogens with zero attached hydrogens (tertiary/aromatic N) is 1. The Kier molecular flexibility index (Phi) is 5.34. The highest BCUT2D eigenvalue weighted by atomic mass is 35.5. The summed E-state index contributed by atoms with van der Waals surface area (Å²) < 4.78 is 0. The fourth-order valence-corrected chi connectivity index (χ4v) is 3.23. The van der Waals surface area contributed by atoms with Crippen molar-refractivity contribution < 1.29 is 4.79 Å². The van der Waals surface area contributed by atoms with Crippen molar-refractivity contribution >= 4 is 29.1 Å². The summed E-state index contributed by atoms with van der Waals surface area (Å²) in [5, 5.41) is 0.926. The van der Waals surface area contributed by atoms with E-state index in [-0.39, 0.29) is 11.9 Å². The van der Waals surface area contributed by atoms with Gasteiger partial charge in [-0.05, 0) is 31.0 Å². The first-order valence-corrected chi connectivity index (χ1v) is 7.58. The Morgan fingerprint density at radius 1 is 1.20 bits per heavy atom. The molecule has 0 spiro atoms. The minimum absolute atomic E-state index is 0.0840. The number of halogens is 2. The molecule has 0 radical (unpaired) electrons. The lowest BCUT2D eigenvalue weighted by molar-refractivity contribution is 0.0667. The Morgan fingerprint density at radius 2 is 1.80 bits per heavy atom. The summed E-state index contributed by atoms with van der Waals surface area (Å²) in [7, 11) is 0. The van der Waals surface area contributed by atoms with E-state index in [2.05, 4.69) is 5.92 Å². The second-order valence-electron chi connectivity index (χ2n) is 5.09. The van der Waals surface area contributed by atoms with Gasteiger partial charge in [0.2, 0.25) is 0 Å². The molecule has 2 nitrogen and oxygen atoms in total. The first kappa shape index (κ1) is 15.2. The third-order valence-electron chi connectivity index (χ3n) is 3.65. The Balaban J connectivity index is 2.23. The van der Waals surface area contributed by atoms with Crippen molar-refractivity contribution in [1.29, 1.82) is 0 Å². The minimum Gasteiger partial charge on any atom is -0.325 e. The predicted octanol–water partition coefficient (Wildman–Crippen LogP) is 4.40. The van der Waals surface area contributed by atoms with E-state index in [0.717, 1.165) is 25.7 Å². The summed E-state index contributed by atoms with van der Waals surface area (Å²) in [6.45, 7) is 0.327. The first-order valence-electron chi connectivity index (χ1n) is 6.82. The first-order chi connectivity index (χ1) is 9.61. The Morgan fingerprint density at radius 3 is 2.35 bits per heavy atom. The van der Waals surface area contributed by atoms with Gasteiger partial charge in [0.25, 0.3) is 5.91 Å². The normalized spacial score (nSPS) is 15.7.